The Balaban J connectivity index is 1.50. The first kappa shape index (κ1) is 17.5. The molecule has 9 heteroatoms. The molecular formula is C21H19FN6O2. The molecule has 7 rings (SSSR count). The van der Waals surface area contributed by atoms with Crippen LogP contribution in [0.15, 0.2) is 30.9 Å². The molecule has 8 nitrogen and oxygen atoms in total. The quantitative estimate of drug-likeness (QED) is 0.538. The number of aromatic nitrogens is 6. The van der Waals surface area contributed by atoms with Crippen molar-refractivity contribution < 1.29 is 14.3 Å². The molecule has 4 aromatic heterocycles. The average Bonchev–Trinajstić information content (AvgIpc) is 3.37. The second-order valence-corrected chi connectivity index (χ2v) is 8.34. The molecule has 0 spiro atoms. The number of H-pyrrole nitrogens is 1. The largest absolute Gasteiger partial charge is 0.481 e. The van der Waals surface area contributed by atoms with Gasteiger partial charge in [0.25, 0.3) is 0 Å². The third-order valence-corrected chi connectivity index (χ3v) is 6.82. The number of hydrogen-bond acceptors (Lipinski definition) is 5. The zero-order chi connectivity index (χ0) is 20.4. The number of pyridine rings is 1. The maximum absolute atomic E-state index is 13.7. The molecule has 30 heavy (non-hydrogen) atoms. The lowest BCUT2D eigenvalue weighted by atomic mass is 9.61. The van der Waals surface area contributed by atoms with Gasteiger partial charge in [0, 0.05) is 23.3 Å². The summed E-state index contributed by atoms with van der Waals surface area (Å²) in [5, 5.41) is 15.8. The van der Waals surface area contributed by atoms with Gasteiger partial charge < -0.3 is 10.1 Å². The van der Waals surface area contributed by atoms with E-state index in [-0.39, 0.29) is 17.9 Å². The van der Waals surface area contributed by atoms with Gasteiger partial charge in [0.05, 0.1) is 29.7 Å². The lowest BCUT2D eigenvalue weighted by molar-refractivity contribution is -0.151. The predicted molar refractivity (Wildman–Crippen MR) is 106 cm³/mol. The van der Waals surface area contributed by atoms with Crippen LogP contribution >= 0.6 is 0 Å². The van der Waals surface area contributed by atoms with Crippen LogP contribution in [0.5, 0.6) is 0 Å². The number of hydrogen-bond donors (Lipinski definition) is 2. The highest BCUT2D eigenvalue weighted by atomic mass is 19.1. The van der Waals surface area contributed by atoms with Crippen molar-refractivity contribution in [1.29, 1.82) is 0 Å². The molecule has 2 bridgehead atoms. The van der Waals surface area contributed by atoms with E-state index in [1.807, 2.05) is 0 Å². The van der Waals surface area contributed by atoms with Crippen molar-refractivity contribution in [2.75, 3.05) is 0 Å². The van der Waals surface area contributed by atoms with Crippen molar-refractivity contribution in [1.82, 2.24) is 29.7 Å². The van der Waals surface area contributed by atoms with Crippen molar-refractivity contribution in [3.8, 4) is 11.4 Å². The monoisotopic (exact) mass is 406 g/mol. The van der Waals surface area contributed by atoms with E-state index >= 15 is 0 Å². The van der Waals surface area contributed by atoms with E-state index in [2.05, 4.69) is 20.1 Å². The lowest BCUT2D eigenvalue weighted by Gasteiger charge is -2.46. The molecule has 4 heterocycles. The van der Waals surface area contributed by atoms with Crippen molar-refractivity contribution in [2.24, 2.45) is 17.8 Å². The maximum Gasteiger partial charge on any atom is 0.308 e. The Kier molecular flexibility index (Phi) is 3.68. The molecular weight excluding hydrogens is 387 g/mol. The second-order valence-electron chi connectivity index (χ2n) is 8.34. The highest BCUT2D eigenvalue weighted by Gasteiger charge is 2.49. The molecule has 0 aliphatic heterocycles. The van der Waals surface area contributed by atoms with Crippen molar-refractivity contribution in [3.63, 3.8) is 0 Å². The van der Waals surface area contributed by atoms with Crippen LogP contribution in [0.25, 0.3) is 33.5 Å². The van der Waals surface area contributed by atoms with E-state index < -0.39 is 17.7 Å². The lowest BCUT2D eigenvalue weighted by Crippen LogP contribution is -2.45. The van der Waals surface area contributed by atoms with Crippen molar-refractivity contribution in [2.45, 2.75) is 31.7 Å². The molecule has 152 valence electrons. The van der Waals surface area contributed by atoms with Crippen molar-refractivity contribution in [3.05, 3.63) is 36.7 Å². The maximum atomic E-state index is 13.7. The van der Waals surface area contributed by atoms with E-state index in [4.69, 9.17) is 4.98 Å². The Morgan fingerprint density at radius 1 is 1.13 bits per heavy atom. The first-order valence-electron chi connectivity index (χ1n) is 10.2. The van der Waals surface area contributed by atoms with Crippen LogP contribution in [0.4, 0.5) is 4.39 Å². The first-order chi connectivity index (χ1) is 14.6. The number of nitrogens with zero attached hydrogens (tertiary/aromatic N) is 5. The van der Waals surface area contributed by atoms with Crippen LogP contribution in [0.3, 0.4) is 0 Å². The number of aliphatic carboxylic acids is 1. The van der Waals surface area contributed by atoms with Gasteiger partial charge in [-0.15, -0.1) is 0 Å². The number of nitrogens with one attached hydrogen (secondary N) is 1. The van der Waals surface area contributed by atoms with Gasteiger partial charge in [0.15, 0.2) is 11.5 Å². The van der Waals surface area contributed by atoms with Crippen LogP contribution in [-0.2, 0) is 4.79 Å². The van der Waals surface area contributed by atoms with Gasteiger partial charge in [0.2, 0.25) is 0 Å². The molecule has 2 N–H and O–H groups in total. The highest BCUT2D eigenvalue weighted by Crippen LogP contribution is 2.51. The molecule has 0 unspecified atom stereocenters. The molecule has 0 radical (unpaired) electrons. The molecule has 0 aromatic carbocycles. The minimum atomic E-state index is -0.759. The summed E-state index contributed by atoms with van der Waals surface area (Å²) in [6.07, 6.45) is 10.2. The Bertz CT molecular complexity index is 1290. The number of halogens is 1. The summed E-state index contributed by atoms with van der Waals surface area (Å²) in [7, 11) is 0. The van der Waals surface area contributed by atoms with E-state index in [0.717, 1.165) is 37.3 Å². The molecule has 2 atom stereocenters. The number of aromatic amines is 1. The number of rotatable bonds is 3. The third-order valence-electron chi connectivity index (χ3n) is 6.82. The summed E-state index contributed by atoms with van der Waals surface area (Å²) in [6.45, 7) is 0. The van der Waals surface area contributed by atoms with Gasteiger partial charge >= 0.3 is 5.97 Å². The second kappa shape index (κ2) is 6.32. The Hall–Kier alpha value is -3.36. The summed E-state index contributed by atoms with van der Waals surface area (Å²) in [6, 6.07) is 1.19. The van der Waals surface area contributed by atoms with Crippen LogP contribution in [0, 0.1) is 23.6 Å². The Labute approximate surface area is 170 Å². The topological polar surface area (TPSA) is 110 Å². The summed E-state index contributed by atoms with van der Waals surface area (Å²) in [5.41, 5.74) is 1.81. The zero-order valence-electron chi connectivity index (χ0n) is 16.0. The molecule has 0 saturated heterocycles. The number of fused-ring (bicyclic) bond motifs is 5. The predicted octanol–water partition coefficient (Wildman–Crippen LogP) is 3.57. The zero-order valence-corrected chi connectivity index (χ0v) is 16.0. The van der Waals surface area contributed by atoms with E-state index in [1.54, 1.807) is 23.3 Å². The smallest absolute Gasteiger partial charge is 0.308 e. The van der Waals surface area contributed by atoms with E-state index in [0.29, 0.717) is 28.1 Å². The summed E-state index contributed by atoms with van der Waals surface area (Å²) in [4.78, 5) is 28.3. The van der Waals surface area contributed by atoms with Gasteiger partial charge in [-0.05, 0) is 43.6 Å². The molecule has 3 aliphatic carbocycles. The minimum Gasteiger partial charge on any atom is -0.481 e. The average molecular weight is 406 g/mol. The molecule has 0 amide bonds. The van der Waals surface area contributed by atoms with Crippen LogP contribution in [0.2, 0.25) is 0 Å². The summed E-state index contributed by atoms with van der Waals surface area (Å²) in [5.74, 6) is -0.756. The van der Waals surface area contributed by atoms with Crippen LogP contribution < -0.4 is 0 Å². The van der Waals surface area contributed by atoms with Gasteiger partial charge in [0.1, 0.15) is 11.5 Å². The molecule has 3 aliphatic rings. The number of carboxylic acids is 1. The fraction of sp³-hybridized carbons (Fsp3) is 0.381. The molecule has 4 aromatic rings. The summed E-state index contributed by atoms with van der Waals surface area (Å²) >= 11 is 0. The normalized spacial score (nSPS) is 25.9. The first-order valence-corrected chi connectivity index (χ1v) is 10.2. The fourth-order valence-electron chi connectivity index (χ4n) is 5.46. The minimum absolute atomic E-state index is 0.181. The third kappa shape index (κ3) is 2.47. The highest BCUT2D eigenvalue weighted by molar-refractivity contribution is 5.92. The van der Waals surface area contributed by atoms with Gasteiger partial charge in [-0.3, -0.25) is 4.79 Å². The molecule has 3 saturated carbocycles. The van der Waals surface area contributed by atoms with Gasteiger partial charge in [-0.25, -0.2) is 24.0 Å². The van der Waals surface area contributed by atoms with E-state index in [9.17, 15) is 14.3 Å². The van der Waals surface area contributed by atoms with Crippen molar-refractivity contribution >= 4 is 28.0 Å². The van der Waals surface area contributed by atoms with Crippen LogP contribution in [-0.4, -0.2) is 40.8 Å². The Morgan fingerprint density at radius 2 is 1.93 bits per heavy atom. The van der Waals surface area contributed by atoms with E-state index in [1.165, 1.54) is 6.07 Å². The SMILES string of the molecule is O=C(O)[C@@H]1C2CCC(CC2)[C@H]1n1ncc2cnc(-c3c[nH]c4ncc(F)cc34)nc21. The number of carbonyl (C=O) groups is 1. The summed E-state index contributed by atoms with van der Waals surface area (Å²) < 4.78 is 15.5. The standard InChI is InChI=1S/C21H19FN6O2/c22-13-5-14-15(9-25-18(14)24-8-13)19-23-6-12-7-26-28(20(12)27-19)17-11-3-1-10(2-4-11)16(17)21(29)30/h5-11,16-17H,1-4H2,(H,24,25)(H,29,30)/t10?,11?,16-,17-/m1/s1. The fourth-order valence-corrected chi connectivity index (χ4v) is 5.46. The Morgan fingerprint density at radius 3 is 2.73 bits per heavy atom. The van der Waals surface area contributed by atoms with Crippen LogP contribution in [0.1, 0.15) is 31.7 Å². The molecule has 3 fully saturated rings. The van der Waals surface area contributed by atoms with Gasteiger partial charge in [-0.1, -0.05) is 0 Å². The number of carboxylic acid groups (broad SMARTS) is 1. The van der Waals surface area contributed by atoms with Gasteiger partial charge in [-0.2, -0.15) is 5.10 Å².